The number of likely N-dealkylation sites (tertiary alicyclic amines) is 1. The summed E-state index contributed by atoms with van der Waals surface area (Å²) in [7, 11) is 1.58. The number of benzene rings is 3. The van der Waals surface area contributed by atoms with E-state index in [4.69, 9.17) is 9.47 Å². The highest BCUT2D eigenvalue weighted by molar-refractivity contribution is 6.06. The number of carbonyl (C=O) groups excluding carboxylic acids is 3. The number of methoxy groups -OCH3 is 1. The van der Waals surface area contributed by atoms with Gasteiger partial charge in [0.1, 0.15) is 17.4 Å². The molecule has 3 aromatic rings. The molecule has 6 atom stereocenters. The fourth-order valence-corrected chi connectivity index (χ4v) is 7.43. The quantitative estimate of drug-likeness (QED) is 0.414. The van der Waals surface area contributed by atoms with Crippen LogP contribution in [0, 0.1) is 11.8 Å². The lowest BCUT2D eigenvalue weighted by Crippen LogP contribution is -2.56. The third kappa shape index (κ3) is 4.74. The maximum Gasteiger partial charge on any atom is 0.253 e. The van der Waals surface area contributed by atoms with Gasteiger partial charge in [-0.05, 0) is 35.4 Å². The molecule has 230 valence electrons. The normalized spacial score (nSPS) is 28.0. The summed E-state index contributed by atoms with van der Waals surface area (Å²) < 4.78 is 12.1. The molecule has 4 heterocycles. The summed E-state index contributed by atoms with van der Waals surface area (Å²) in [6.45, 7) is 0.610. The van der Waals surface area contributed by atoms with Crippen molar-refractivity contribution in [2.45, 2.75) is 30.3 Å². The van der Waals surface area contributed by atoms with Crippen LogP contribution < -0.4 is 9.64 Å². The van der Waals surface area contributed by atoms with Crippen molar-refractivity contribution >= 4 is 23.4 Å². The minimum absolute atomic E-state index is 0.193. The van der Waals surface area contributed by atoms with Crippen molar-refractivity contribution in [2.24, 2.45) is 11.8 Å². The smallest absolute Gasteiger partial charge is 0.253 e. The molecule has 0 aliphatic carbocycles. The van der Waals surface area contributed by atoms with Crippen LogP contribution in [0.15, 0.2) is 109 Å². The van der Waals surface area contributed by atoms with Crippen LogP contribution >= 0.6 is 0 Å². The van der Waals surface area contributed by atoms with Crippen LogP contribution in [0.25, 0.3) is 0 Å². The van der Waals surface area contributed by atoms with E-state index in [0.29, 0.717) is 30.1 Å². The topological polar surface area (TPSA) is 99.6 Å². The molecule has 0 saturated carbocycles. The first-order valence-corrected chi connectivity index (χ1v) is 15.2. The Hall–Kier alpha value is -4.73. The third-order valence-corrected chi connectivity index (χ3v) is 9.47. The highest BCUT2D eigenvalue weighted by atomic mass is 16.5. The molecule has 3 amide bonds. The van der Waals surface area contributed by atoms with E-state index in [9.17, 15) is 19.5 Å². The molecule has 1 N–H and O–H groups in total. The molecule has 45 heavy (non-hydrogen) atoms. The van der Waals surface area contributed by atoms with Gasteiger partial charge in [0.15, 0.2) is 0 Å². The van der Waals surface area contributed by atoms with Crippen molar-refractivity contribution in [3.8, 4) is 5.75 Å². The standard InChI is InChI=1S/C36H35N3O6/c1-44-27-17-15-26(16-18-27)38-21-9-19-36-31(34(42)39(32(36)35(38)43)28(23-40)25-12-6-3-7-13-25)30-29(45-36)14-8-20-37(33(30)41)22-24-10-4-2-5-11-24/h2-19,28-32,40H,20-23H2,1H3/t28-,29+,30-,31+,32?,36+/m1/s1. The van der Waals surface area contributed by atoms with E-state index in [1.165, 1.54) is 4.90 Å². The highest BCUT2D eigenvalue weighted by Crippen LogP contribution is 2.55. The number of aliphatic hydroxyl groups is 1. The van der Waals surface area contributed by atoms with E-state index < -0.39 is 42.2 Å². The van der Waals surface area contributed by atoms with E-state index in [1.54, 1.807) is 41.2 Å². The van der Waals surface area contributed by atoms with Crippen LogP contribution in [-0.4, -0.2) is 77.2 Å². The summed E-state index contributed by atoms with van der Waals surface area (Å²) in [5.74, 6) is -2.07. The van der Waals surface area contributed by atoms with Crippen LogP contribution in [0.4, 0.5) is 5.69 Å². The second kappa shape index (κ2) is 11.6. The molecule has 9 heteroatoms. The summed E-state index contributed by atoms with van der Waals surface area (Å²) in [6, 6.07) is 24.1. The van der Waals surface area contributed by atoms with Crippen molar-refractivity contribution in [3.05, 3.63) is 120 Å². The third-order valence-electron chi connectivity index (χ3n) is 9.47. The predicted molar refractivity (Wildman–Crippen MR) is 167 cm³/mol. The Morgan fingerprint density at radius 3 is 2.29 bits per heavy atom. The summed E-state index contributed by atoms with van der Waals surface area (Å²) in [5.41, 5.74) is 0.890. The van der Waals surface area contributed by atoms with E-state index >= 15 is 0 Å². The molecule has 2 fully saturated rings. The zero-order chi connectivity index (χ0) is 31.1. The van der Waals surface area contributed by atoms with Gasteiger partial charge in [-0.25, -0.2) is 0 Å². The number of nitrogens with zero attached hydrogens (tertiary/aromatic N) is 3. The van der Waals surface area contributed by atoms with Gasteiger partial charge in [-0.15, -0.1) is 0 Å². The van der Waals surface area contributed by atoms with Gasteiger partial charge in [0, 0.05) is 25.3 Å². The lowest BCUT2D eigenvalue weighted by atomic mass is 9.77. The molecule has 0 radical (unpaired) electrons. The van der Waals surface area contributed by atoms with Gasteiger partial charge >= 0.3 is 0 Å². The lowest BCUT2D eigenvalue weighted by Gasteiger charge is -2.38. The van der Waals surface area contributed by atoms with E-state index in [-0.39, 0.29) is 24.3 Å². The van der Waals surface area contributed by atoms with Crippen LogP contribution in [0.5, 0.6) is 5.75 Å². The Balaban J connectivity index is 1.33. The number of rotatable bonds is 7. The minimum atomic E-state index is -1.41. The molecule has 2 saturated heterocycles. The zero-order valence-electron chi connectivity index (χ0n) is 24.9. The molecule has 0 bridgehead atoms. The number of anilines is 1. The largest absolute Gasteiger partial charge is 0.497 e. The van der Waals surface area contributed by atoms with Crippen LogP contribution in [0.2, 0.25) is 0 Å². The Kier molecular flexibility index (Phi) is 7.51. The number of amides is 3. The van der Waals surface area contributed by atoms with Crippen LogP contribution in [0.3, 0.4) is 0 Å². The Labute approximate surface area is 261 Å². The zero-order valence-corrected chi connectivity index (χ0v) is 24.9. The Morgan fingerprint density at radius 1 is 0.889 bits per heavy atom. The average molecular weight is 606 g/mol. The fraction of sp³-hybridized carbons (Fsp3) is 0.306. The highest BCUT2D eigenvalue weighted by Gasteiger charge is 2.72. The van der Waals surface area contributed by atoms with Crippen molar-refractivity contribution in [3.63, 3.8) is 0 Å². The summed E-state index contributed by atoms with van der Waals surface area (Å²) in [6.07, 6.45) is 6.75. The first kappa shape index (κ1) is 29.0. The van der Waals surface area contributed by atoms with Gasteiger partial charge in [0.25, 0.3) is 5.91 Å². The number of hydrogen-bond donors (Lipinski definition) is 1. The monoisotopic (exact) mass is 605 g/mol. The fourth-order valence-electron chi connectivity index (χ4n) is 7.43. The SMILES string of the molecule is COc1ccc(N2CC=C[C@]34O[C@H]5C=CCN(Cc6ccccc6)C(=O)[C@H]5[C@H]3C(=O)N([C@H](CO)c3ccccc3)C4C2=O)cc1. The molecule has 1 spiro atoms. The van der Waals surface area contributed by atoms with Gasteiger partial charge in [-0.1, -0.05) is 85.0 Å². The second-order valence-corrected chi connectivity index (χ2v) is 11.9. The molecule has 7 rings (SSSR count). The van der Waals surface area contributed by atoms with E-state index in [2.05, 4.69) is 0 Å². The molecule has 4 aliphatic heterocycles. The van der Waals surface area contributed by atoms with Gasteiger partial charge < -0.3 is 29.3 Å². The Bertz CT molecular complexity index is 1640. The van der Waals surface area contributed by atoms with Gasteiger partial charge in [-0.3, -0.25) is 14.4 Å². The molecule has 1 unspecified atom stereocenters. The summed E-state index contributed by atoms with van der Waals surface area (Å²) in [4.78, 5) is 48.8. The maximum atomic E-state index is 14.8. The number of fused-ring (bicyclic) bond motifs is 2. The summed E-state index contributed by atoms with van der Waals surface area (Å²) in [5, 5.41) is 10.8. The first-order chi connectivity index (χ1) is 22.0. The second-order valence-electron chi connectivity index (χ2n) is 11.9. The number of ether oxygens (including phenoxy) is 2. The molecular formula is C36H35N3O6. The van der Waals surface area contributed by atoms with Gasteiger partial charge in [-0.2, -0.15) is 0 Å². The number of aliphatic hydroxyl groups excluding tert-OH is 1. The maximum absolute atomic E-state index is 14.8. The first-order valence-electron chi connectivity index (χ1n) is 15.2. The Morgan fingerprint density at radius 2 is 1.60 bits per heavy atom. The van der Waals surface area contributed by atoms with Crippen LogP contribution in [0.1, 0.15) is 17.2 Å². The van der Waals surface area contributed by atoms with Crippen LogP contribution in [-0.2, 0) is 25.7 Å². The van der Waals surface area contributed by atoms with Crippen molar-refractivity contribution in [1.29, 1.82) is 0 Å². The molecule has 4 aliphatic rings. The van der Waals surface area contributed by atoms with Crippen molar-refractivity contribution < 1.29 is 29.0 Å². The van der Waals surface area contributed by atoms with Gasteiger partial charge in [0.2, 0.25) is 11.8 Å². The number of hydrogen-bond acceptors (Lipinski definition) is 6. The molecular weight excluding hydrogens is 570 g/mol. The lowest BCUT2D eigenvalue weighted by molar-refractivity contribution is -0.147. The van der Waals surface area contributed by atoms with E-state index in [0.717, 1.165) is 5.56 Å². The number of carbonyl (C=O) groups is 3. The molecule has 3 aromatic carbocycles. The molecule has 9 nitrogen and oxygen atoms in total. The average Bonchev–Trinajstić information content (AvgIpc) is 3.39. The van der Waals surface area contributed by atoms with Crippen molar-refractivity contribution in [1.82, 2.24) is 9.80 Å². The minimum Gasteiger partial charge on any atom is -0.497 e. The van der Waals surface area contributed by atoms with E-state index in [1.807, 2.05) is 85.0 Å². The predicted octanol–water partition coefficient (Wildman–Crippen LogP) is 3.51. The van der Waals surface area contributed by atoms with Gasteiger partial charge in [0.05, 0.1) is 37.7 Å². The summed E-state index contributed by atoms with van der Waals surface area (Å²) >= 11 is 0. The molecule has 0 aromatic heterocycles. The van der Waals surface area contributed by atoms with Crippen molar-refractivity contribution in [2.75, 3.05) is 31.7 Å².